The molecule has 0 spiro atoms. The average Bonchev–Trinajstić information content (AvgIpc) is 2.48. The molecule has 21 heavy (non-hydrogen) atoms. The molecule has 1 amide bonds. The van der Waals surface area contributed by atoms with Crippen LogP contribution in [0.1, 0.15) is 10.4 Å². The van der Waals surface area contributed by atoms with Crippen molar-refractivity contribution in [3.8, 4) is 0 Å². The number of amides is 1. The van der Waals surface area contributed by atoms with Crippen molar-refractivity contribution in [2.24, 2.45) is 5.73 Å². The second-order valence-corrected chi connectivity index (χ2v) is 5.30. The van der Waals surface area contributed by atoms with Crippen LogP contribution in [0, 0.1) is 0 Å². The van der Waals surface area contributed by atoms with E-state index in [1.807, 2.05) is 12.1 Å². The van der Waals surface area contributed by atoms with E-state index in [1.165, 1.54) is 0 Å². The summed E-state index contributed by atoms with van der Waals surface area (Å²) in [5.41, 5.74) is 7.85. The number of piperazine rings is 1. The van der Waals surface area contributed by atoms with Gasteiger partial charge in [0.1, 0.15) is 0 Å². The molecule has 0 radical (unpaired) electrons. The zero-order chi connectivity index (χ0) is 15.2. The molecule has 2 rings (SSSR count). The molecule has 0 unspecified atom stereocenters. The first-order valence-electron chi connectivity index (χ1n) is 7.22. The van der Waals surface area contributed by atoms with Gasteiger partial charge in [0.25, 0.3) is 5.91 Å². The summed E-state index contributed by atoms with van der Waals surface area (Å²) in [6.07, 6.45) is 0. The lowest BCUT2D eigenvalue weighted by Crippen LogP contribution is -2.44. The van der Waals surface area contributed by atoms with Crippen LogP contribution in [0.25, 0.3) is 0 Å². The lowest BCUT2D eigenvalue weighted by Gasteiger charge is -2.34. The number of hydrogen-bond donors (Lipinski definition) is 2. The van der Waals surface area contributed by atoms with Crippen molar-refractivity contribution < 1.29 is 9.53 Å². The molecule has 1 saturated heterocycles. The number of ether oxygens (including phenoxy) is 1. The molecule has 3 N–H and O–H groups in total. The van der Waals surface area contributed by atoms with E-state index in [2.05, 4.69) is 22.2 Å². The van der Waals surface area contributed by atoms with Crippen LogP contribution in [0.15, 0.2) is 18.2 Å². The van der Waals surface area contributed by atoms with Crippen molar-refractivity contribution in [1.29, 1.82) is 0 Å². The van der Waals surface area contributed by atoms with Crippen LogP contribution in [0.4, 0.5) is 11.4 Å². The van der Waals surface area contributed by atoms with Crippen LogP contribution in [-0.2, 0) is 4.74 Å². The molecule has 1 aromatic carbocycles. The van der Waals surface area contributed by atoms with Gasteiger partial charge in [-0.15, -0.1) is 0 Å². The van der Waals surface area contributed by atoms with Crippen molar-refractivity contribution in [3.05, 3.63) is 23.8 Å². The molecule has 0 saturated carbocycles. The molecular formula is C15H24N4O2. The smallest absolute Gasteiger partial charge is 0.250 e. The number of anilines is 2. The standard InChI is InChI=1S/C15H24N4O2/c1-18-6-8-19(9-7-18)12-3-4-13(15(16)20)14(11-12)17-5-10-21-2/h3-4,11,17H,5-10H2,1-2H3,(H2,16,20). The summed E-state index contributed by atoms with van der Waals surface area (Å²) in [4.78, 5) is 16.2. The summed E-state index contributed by atoms with van der Waals surface area (Å²) < 4.78 is 5.03. The van der Waals surface area contributed by atoms with Gasteiger partial charge in [0, 0.05) is 51.2 Å². The highest BCUT2D eigenvalue weighted by Crippen LogP contribution is 2.24. The minimum absolute atomic E-state index is 0.417. The number of methoxy groups -OCH3 is 1. The van der Waals surface area contributed by atoms with Gasteiger partial charge in [-0.1, -0.05) is 0 Å². The summed E-state index contributed by atoms with van der Waals surface area (Å²) >= 11 is 0. The van der Waals surface area contributed by atoms with Gasteiger partial charge in [-0.3, -0.25) is 4.79 Å². The Bertz CT molecular complexity index is 485. The number of benzene rings is 1. The topological polar surface area (TPSA) is 70.8 Å². The lowest BCUT2D eigenvalue weighted by molar-refractivity contribution is 0.100. The van der Waals surface area contributed by atoms with Gasteiger partial charge >= 0.3 is 0 Å². The molecule has 116 valence electrons. The van der Waals surface area contributed by atoms with Crippen LogP contribution >= 0.6 is 0 Å². The fourth-order valence-corrected chi connectivity index (χ4v) is 2.44. The number of carbonyl (C=O) groups is 1. The average molecular weight is 292 g/mol. The van der Waals surface area contributed by atoms with Crippen molar-refractivity contribution in [2.75, 3.05) is 63.7 Å². The number of nitrogens with two attached hydrogens (primary N) is 1. The third-order valence-corrected chi connectivity index (χ3v) is 3.76. The summed E-state index contributed by atoms with van der Waals surface area (Å²) in [5, 5.41) is 3.22. The summed E-state index contributed by atoms with van der Waals surface area (Å²) in [5.74, 6) is -0.417. The quantitative estimate of drug-likeness (QED) is 0.751. The van der Waals surface area contributed by atoms with Crippen LogP contribution in [-0.4, -0.2) is 64.3 Å². The fourth-order valence-electron chi connectivity index (χ4n) is 2.44. The lowest BCUT2D eigenvalue weighted by atomic mass is 10.1. The predicted octanol–water partition coefficient (Wildman–Crippen LogP) is 0.596. The monoisotopic (exact) mass is 292 g/mol. The molecule has 1 heterocycles. The molecular weight excluding hydrogens is 268 g/mol. The Labute approximate surface area is 125 Å². The molecule has 0 aromatic heterocycles. The maximum atomic E-state index is 11.5. The number of rotatable bonds is 6. The molecule has 0 aliphatic carbocycles. The largest absolute Gasteiger partial charge is 0.383 e. The van der Waals surface area contributed by atoms with E-state index in [4.69, 9.17) is 10.5 Å². The van der Waals surface area contributed by atoms with Crippen molar-refractivity contribution >= 4 is 17.3 Å². The second kappa shape index (κ2) is 7.28. The Morgan fingerprint density at radius 1 is 1.33 bits per heavy atom. The van der Waals surface area contributed by atoms with Crippen LogP contribution in [0.3, 0.4) is 0 Å². The zero-order valence-electron chi connectivity index (χ0n) is 12.8. The Morgan fingerprint density at radius 2 is 2.05 bits per heavy atom. The Kier molecular flexibility index (Phi) is 5.41. The van der Waals surface area contributed by atoms with Gasteiger partial charge in [0.2, 0.25) is 0 Å². The van der Waals surface area contributed by atoms with Gasteiger partial charge in [0.05, 0.1) is 12.2 Å². The molecule has 6 heteroatoms. The number of likely N-dealkylation sites (N-methyl/N-ethyl adjacent to an activating group) is 1. The number of primary amides is 1. The molecule has 1 aliphatic heterocycles. The highest BCUT2D eigenvalue weighted by Gasteiger charge is 2.16. The fraction of sp³-hybridized carbons (Fsp3) is 0.533. The van der Waals surface area contributed by atoms with Gasteiger partial charge in [-0.2, -0.15) is 0 Å². The Morgan fingerprint density at radius 3 is 2.67 bits per heavy atom. The number of carbonyl (C=O) groups excluding carboxylic acids is 1. The van der Waals surface area contributed by atoms with E-state index in [1.54, 1.807) is 13.2 Å². The molecule has 6 nitrogen and oxygen atoms in total. The highest BCUT2D eigenvalue weighted by molar-refractivity contribution is 5.99. The predicted molar refractivity (Wildman–Crippen MR) is 85.0 cm³/mol. The van der Waals surface area contributed by atoms with Crippen molar-refractivity contribution in [1.82, 2.24) is 4.90 Å². The van der Waals surface area contributed by atoms with Gasteiger partial charge in [-0.05, 0) is 25.2 Å². The van der Waals surface area contributed by atoms with E-state index in [0.717, 1.165) is 37.6 Å². The highest BCUT2D eigenvalue weighted by atomic mass is 16.5. The zero-order valence-corrected chi connectivity index (χ0v) is 12.8. The molecule has 1 aliphatic rings. The van der Waals surface area contributed by atoms with E-state index in [0.29, 0.717) is 18.7 Å². The Hall–Kier alpha value is -1.79. The maximum absolute atomic E-state index is 11.5. The number of nitrogens with zero attached hydrogens (tertiary/aromatic N) is 2. The van der Waals surface area contributed by atoms with E-state index in [-0.39, 0.29) is 0 Å². The number of hydrogen-bond acceptors (Lipinski definition) is 5. The van der Waals surface area contributed by atoms with Gasteiger partial charge in [-0.25, -0.2) is 0 Å². The van der Waals surface area contributed by atoms with Crippen LogP contribution < -0.4 is 16.0 Å². The molecule has 1 aromatic rings. The summed E-state index contributed by atoms with van der Waals surface area (Å²) in [7, 11) is 3.78. The van der Waals surface area contributed by atoms with Gasteiger partial charge < -0.3 is 25.6 Å². The van der Waals surface area contributed by atoms with E-state index >= 15 is 0 Å². The van der Waals surface area contributed by atoms with Gasteiger partial charge in [0.15, 0.2) is 0 Å². The minimum Gasteiger partial charge on any atom is -0.383 e. The van der Waals surface area contributed by atoms with Crippen LogP contribution in [0.2, 0.25) is 0 Å². The maximum Gasteiger partial charge on any atom is 0.250 e. The SMILES string of the molecule is COCCNc1cc(N2CCN(C)CC2)ccc1C(N)=O. The molecule has 1 fully saturated rings. The van der Waals surface area contributed by atoms with Crippen molar-refractivity contribution in [3.63, 3.8) is 0 Å². The van der Waals surface area contributed by atoms with E-state index in [9.17, 15) is 4.79 Å². The summed E-state index contributed by atoms with van der Waals surface area (Å²) in [6.45, 7) is 5.29. The Balaban J connectivity index is 2.15. The first kappa shape index (κ1) is 15.6. The van der Waals surface area contributed by atoms with Crippen LogP contribution in [0.5, 0.6) is 0 Å². The second-order valence-electron chi connectivity index (χ2n) is 5.30. The number of nitrogens with one attached hydrogen (secondary N) is 1. The summed E-state index contributed by atoms with van der Waals surface area (Å²) in [6, 6.07) is 5.76. The first-order chi connectivity index (χ1) is 10.1. The van der Waals surface area contributed by atoms with Crippen molar-refractivity contribution in [2.45, 2.75) is 0 Å². The minimum atomic E-state index is -0.417. The molecule has 0 atom stereocenters. The van der Waals surface area contributed by atoms with E-state index < -0.39 is 5.91 Å². The third-order valence-electron chi connectivity index (χ3n) is 3.76. The molecule has 0 bridgehead atoms. The third kappa shape index (κ3) is 4.09. The normalized spacial score (nSPS) is 16.0. The first-order valence-corrected chi connectivity index (χ1v) is 7.22.